The third-order valence-electron chi connectivity index (χ3n) is 11.2. The van der Waals surface area contributed by atoms with Crippen molar-refractivity contribution >= 4 is 28.6 Å². The molecular weight excluding hydrogens is 562 g/mol. The minimum absolute atomic E-state index is 0.000451. The standard InChI is InChI=1S/C37H49N5O3/c1-24(30-23-38-32-13-9-7-11-28(30)32)33(39-34(43)25-14-16-26(17-15-25)40(2)3)36(45)42-20-18-37(19-21-42)22-29(35(44)41(4)5)27-10-6-8-12-31(27)37/h6-13,23-26,29,33,38H,14-22H2,1-5H3,(H,39,43)/t24?,25?,26?,29-,33-/m1/s1. The minimum Gasteiger partial charge on any atom is -0.361 e. The second-order valence-electron chi connectivity index (χ2n) is 14.2. The van der Waals surface area contributed by atoms with Crippen LogP contribution in [-0.2, 0) is 19.8 Å². The number of carbonyl (C=O) groups is 3. The Bertz CT molecular complexity index is 1540. The summed E-state index contributed by atoms with van der Waals surface area (Å²) < 4.78 is 0. The van der Waals surface area contributed by atoms with E-state index in [-0.39, 0.29) is 40.9 Å². The lowest BCUT2D eigenvalue weighted by molar-refractivity contribution is -0.139. The number of aromatic nitrogens is 1. The van der Waals surface area contributed by atoms with Crippen LogP contribution in [0.2, 0.25) is 0 Å². The molecule has 3 aromatic rings. The fourth-order valence-electron chi connectivity index (χ4n) is 8.43. The van der Waals surface area contributed by atoms with Gasteiger partial charge in [-0.3, -0.25) is 14.4 Å². The zero-order valence-electron chi connectivity index (χ0n) is 27.5. The van der Waals surface area contributed by atoms with Gasteiger partial charge in [0.25, 0.3) is 0 Å². The summed E-state index contributed by atoms with van der Waals surface area (Å²) in [6.07, 6.45) is 8.07. The Kier molecular flexibility index (Phi) is 8.79. The number of aromatic amines is 1. The molecule has 1 unspecified atom stereocenters. The highest BCUT2D eigenvalue weighted by Gasteiger charge is 2.49. The molecule has 2 fully saturated rings. The van der Waals surface area contributed by atoms with Crippen molar-refractivity contribution < 1.29 is 14.4 Å². The Morgan fingerprint density at radius 2 is 1.60 bits per heavy atom. The van der Waals surface area contributed by atoms with Crippen LogP contribution in [0.3, 0.4) is 0 Å². The predicted molar refractivity (Wildman–Crippen MR) is 178 cm³/mol. The fourth-order valence-corrected chi connectivity index (χ4v) is 8.43. The molecule has 240 valence electrons. The summed E-state index contributed by atoms with van der Waals surface area (Å²) in [4.78, 5) is 50.7. The topological polar surface area (TPSA) is 88.7 Å². The number of benzene rings is 2. The van der Waals surface area contributed by atoms with Crippen molar-refractivity contribution in [1.29, 1.82) is 0 Å². The van der Waals surface area contributed by atoms with Crippen LogP contribution in [0.5, 0.6) is 0 Å². The number of hydrogen-bond acceptors (Lipinski definition) is 4. The molecule has 2 N–H and O–H groups in total. The number of H-pyrrole nitrogens is 1. The molecule has 45 heavy (non-hydrogen) atoms. The number of nitrogens with zero attached hydrogens (tertiary/aromatic N) is 3. The van der Waals surface area contributed by atoms with E-state index in [4.69, 9.17) is 0 Å². The first-order valence-electron chi connectivity index (χ1n) is 16.7. The van der Waals surface area contributed by atoms with Crippen molar-refractivity contribution in [3.8, 4) is 0 Å². The number of hydrogen-bond donors (Lipinski definition) is 2. The number of carbonyl (C=O) groups excluding carboxylic acids is 3. The van der Waals surface area contributed by atoms with Crippen LogP contribution in [0, 0.1) is 5.92 Å². The lowest BCUT2D eigenvalue weighted by atomic mass is 9.73. The summed E-state index contributed by atoms with van der Waals surface area (Å²) in [5.74, 6) is -0.285. The van der Waals surface area contributed by atoms with Gasteiger partial charge in [0, 0.05) is 67.6 Å². The lowest BCUT2D eigenvalue weighted by Gasteiger charge is -2.42. The molecule has 1 saturated carbocycles. The summed E-state index contributed by atoms with van der Waals surface area (Å²) in [5, 5.41) is 4.37. The zero-order valence-corrected chi connectivity index (χ0v) is 27.5. The van der Waals surface area contributed by atoms with Gasteiger partial charge in [-0.25, -0.2) is 0 Å². The highest BCUT2D eigenvalue weighted by molar-refractivity contribution is 5.91. The number of para-hydroxylation sites is 1. The molecule has 1 aliphatic heterocycles. The molecule has 2 aliphatic carbocycles. The Labute approximate surface area is 267 Å². The van der Waals surface area contributed by atoms with Crippen molar-refractivity contribution in [1.82, 2.24) is 25.0 Å². The Hall–Kier alpha value is -3.65. The van der Waals surface area contributed by atoms with Crippen LogP contribution in [0.4, 0.5) is 0 Å². The molecule has 6 rings (SSSR count). The van der Waals surface area contributed by atoms with Crippen LogP contribution in [0.1, 0.15) is 80.4 Å². The zero-order chi connectivity index (χ0) is 31.9. The fraction of sp³-hybridized carbons (Fsp3) is 0.541. The van der Waals surface area contributed by atoms with Gasteiger partial charge in [-0.1, -0.05) is 49.4 Å². The highest BCUT2D eigenvalue weighted by Crippen LogP contribution is 2.52. The van der Waals surface area contributed by atoms with Crippen LogP contribution >= 0.6 is 0 Å². The molecule has 1 saturated heterocycles. The molecule has 1 aromatic heterocycles. The normalized spacial score (nSPS) is 24.0. The van der Waals surface area contributed by atoms with E-state index in [2.05, 4.69) is 60.5 Å². The molecule has 3 atom stereocenters. The van der Waals surface area contributed by atoms with Gasteiger partial charge in [-0.05, 0) is 81.8 Å². The van der Waals surface area contributed by atoms with Gasteiger partial charge in [-0.2, -0.15) is 0 Å². The summed E-state index contributed by atoms with van der Waals surface area (Å²) >= 11 is 0. The maximum absolute atomic E-state index is 14.5. The van der Waals surface area contributed by atoms with Gasteiger partial charge in [0.2, 0.25) is 17.7 Å². The molecule has 0 radical (unpaired) electrons. The predicted octanol–water partition coefficient (Wildman–Crippen LogP) is 5.01. The quantitative estimate of drug-likeness (QED) is 0.393. The average Bonchev–Trinajstić information content (AvgIpc) is 3.63. The number of nitrogens with one attached hydrogen (secondary N) is 2. The second kappa shape index (κ2) is 12.6. The van der Waals surface area contributed by atoms with Crippen molar-refractivity contribution in [3.05, 3.63) is 71.4 Å². The van der Waals surface area contributed by atoms with E-state index in [9.17, 15) is 14.4 Å². The van der Waals surface area contributed by atoms with Crippen LogP contribution in [0.15, 0.2) is 54.7 Å². The summed E-state index contributed by atoms with van der Waals surface area (Å²) in [5.41, 5.74) is 4.36. The monoisotopic (exact) mass is 611 g/mol. The molecule has 0 bridgehead atoms. The third-order valence-corrected chi connectivity index (χ3v) is 11.2. The van der Waals surface area contributed by atoms with E-state index in [0.717, 1.165) is 67.0 Å². The van der Waals surface area contributed by atoms with Crippen LogP contribution in [0.25, 0.3) is 10.9 Å². The SMILES string of the molecule is CC(c1c[nH]c2ccccc12)[C@@H](NC(=O)C1CCC(N(C)C)CC1)C(=O)N1CCC2(CC1)C[C@@H](C(=O)N(C)C)c1ccccc12. The van der Waals surface area contributed by atoms with E-state index < -0.39 is 6.04 Å². The van der Waals surface area contributed by atoms with E-state index in [0.29, 0.717) is 19.1 Å². The Morgan fingerprint density at radius 1 is 0.933 bits per heavy atom. The van der Waals surface area contributed by atoms with Gasteiger partial charge in [0.1, 0.15) is 6.04 Å². The molecule has 3 aliphatic rings. The molecule has 2 heterocycles. The summed E-state index contributed by atoms with van der Waals surface area (Å²) in [6.45, 7) is 3.28. The number of piperidine rings is 1. The first-order chi connectivity index (χ1) is 21.6. The van der Waals surface area contributed by atoms with E-state index >= 15 is 0 Å². The van der Waals surface area contributed by atoms with E-state index in [1.807, 2.05) is 49.5 Å². The largest absolute Gasteiger partial charge is 0.361 e. The molecule has 3 amide bonds. The molecule has 1 spiro atoms. The maximum atomic E-state index is 14.5. The number of amides is 3. The minimum atomic E-state index is -0.656. The van der Waals surface area contributed by atoms with Gasteiger partial charge >= 0.3 is 0 Å². The number of rotatable bonds is 7. The summed E-state index contributed by atoms with van der Waals surface area (Å²) in [6, 6.07) is 16.4. The van der Waals surface area contributed by atoms with Gasteiger partial charge in [0.05, 0.1) is 5.92 Å². The van der Waals surface area contributed by atoms with E-state index in [1.165, 1.54) is 5.56 Å². The van der Waals surface area contributed by atoms with Crippen LogP contribution < -0.4 is 5.32 Å². The molecular formula is C37H49N5O3. The average molecular weight is 612 g/mol. The first kappa shape index (κ1) is 31.3. The van der Waals surface area contributed by atoms with Crippen LogP contribution in [-0.4, -0.2) is 90.8 Å². The third kappa shape index (κ3) is 5.89. The van der Waals surface area contributed by atoms with Gasteiger partial charge < -0.3 is 25.0 Å². The van der Waals surface area contributed by atoms with Crippen molar-refractivity contribution in [2.75, 3.05) is 41.3 Å². The van der Waals surface area contributed by atoms with Crippen molar-refractivity contribution in [2.45, 2.75) is 81.2 Å². The summed E-state index contributed by atoms with van der Waals surface area (Å²) in [7, 11) is 7.87. The second-order valence-corrected chi connectivity index (χ2v) is 14.2. The maximum Gasteiger partial charge on any atom is 0.245 e. The molecule has 8 nitrogen and oxygen atoms in total. The van der Waals surface area contributed by atoms with Gasteiger partial charge in [-0.15, -0.1) is 0 Å². The highest BCUT2D eigenvalue weighted by atomic mass is 16.2. The van der Waals surface area contributed by atoms with Crippen molar-refractivity contribution in [2.24, 2.45) is 5.92 Å². The number of fused-ring (bicyclic) bond motifs is 3. The van der Waals surface area contributed by atoms with E-state index in [1.54, 1.807) is 4.90 Å². The Balaban J connectivity index is 1.22. The lowest BCUT2D eigenvalue weighted by Crippen LogP contribution is -2.55. The molecule has 8 heteroatoms. The first-order valence-corrected chi connectivity index (χ1v) is 16.7. The van der Waals surface area contributed by atoms with Gasteiger partial charge in [0.15, 0.2) is 0 Å². The number of likely N-dealkylation sites (N-methyl/N-ethyl adjacent to an activating group) is 1. The Morgan fingerprint density at radius 3 is 2.29 bits per heavy atom. The number of likely N-dealkylation sites (tertiary alicyclic amines) is 1. The van der Waals surface area contributed by atoms with Crippen molar-refractivity contribution in [3.63, 3.8) is 0 Å². The molecule has 2 aromatic carbocycles. The smallest absolute Gasteiger partial charge is 0.245 e.